The van der Waals surface area contributed by atoms with Gasteiger partial charge in [-0.05, 0) is 42.9 Å². The van der Waals surface area contributed by atoms with E-state index in [9.17, 15) is 4.79 Å². The summed E-state index contributed by atoms with van der Waals surface area (Å²) in [7, 11) is 0. The van der Waals surface area contributed by atoms with Crippen LogP contribution in [0.15, 0.2) is 12.2 Å². The maximum atomic E-state index is 11.6. The van der Waals surface area contributed by atoms with Gasteiger partial charge in [0.1, 0.15) is 6.10 Å². The number of hydrogen-bond acceptors (Lipinski definition) is 2. The average molecular weight is 234 g/mol. The lowest BCUT2D eigenvalue weighted by atomic mass is 9.49. The molecule has 0 saturated heterocycles. The molecule has 4 fully saturated rings. The van der Waals surface area contributed by atoms with Crippen molar-refractivity contribution >= 4 is 5.97 Å². The van der Waals surface area contributed by atoms with E-state index in [1.165, 1.54) is 24.8 Å². The van der Waals surface area contributed by atoms with Crippen molar-refractivity contribution in [3.63, 3.8) is 0 Å². The van der Waals surface area contributed by atoms with Gasteiger partial charge in [-0.2, -0.15) is 0 Å². The third-order valence-corrected chi connectivity index (χ3v) is 5.49. The molecule has 4 bridgehead atoms. The second-order valence-corrected chi connectivity index (χ2v) is 6.18. The van der Waals surface area contributed by atoms with E-state index in [1.807, 2.05) is 6.92 Å². The van der Waals surface area contributed by atoms with Gasteiger partial charge >= 0.3 is 5.97 Å². The molecule has 0 radical (unpaired) electrons. The minimum absolute atomic E-state index is 0.0394. The van der Waals surface area contributed by atoms with E-state index in [2.05, 4.69) is 13.5 Å². The normalized spacial score (nSPS) is 47.3. The van der Waals surface area contributed by atoms with Crippen molar-refractivity contribution in [1.29, 1.82) is 0 Å². The standard InChI is InChI=1S/C15H22O2/c1-4-14(16)17-15-12-7-11-5-10(8(12)2)6-13(15)9(11)3/h9-13,15H,2,4-7H2,1,3H3. The van der Waals surface area contributed by atoms with Crippen LogP contribution in [0.5, 0.6) is 0 Å². The minimum atomic E-state index is -0.0394. The summed E-state index contributed by atoms with van der Waals surface area (Å²) in [4.78, 5) is 11.6. The number of ether oxygens (including phenoxy) is 1. The van der Waals surface area contributed by atoms with E-state index >= 15 is 0 Å². The van der Waals surface area contributed by atoms with Gasteiger partial charge in [0.2, 0.25) is 0 Å². The van der Waals surface area contributed by atoms with Crippen LogP contribution in [0.1, 0.15) is 39.5 Å². The average Bonchev–Trinajstić information content (AvgIpc) is 2.31. The highest BCUT2D eigenvalue weighted by Gasteiger charge is 2.55. The molecule has 2 heteroatoms. The lowest BCUT2D eigenvalue weighted by Crippen LogP contribution is -2.55. The van der Waals surface area contributed by atoms with Gasteiger partial charge in [-0.15, -0.1) is 0 Å². The van der Waals surface area contributed by atoms with Crippen molar-refractivity contribution in [3.05, 3.63) is 12.2 Å². The van der Waals surface area contributed by atoms with Crippen molar-refractivity contribution in [3.8, 4) is 0 Å². The Hall–Kier alpha value is -0.790. The first-order valence-electron chi connectivity index (χ1n) is 7.00. The van der Waals surface area contributed by atoms with Crippen LogP contribution >= 0.6 is 0 Å². The Morgan fingerprint density at radius 3 is 2.88 bits per heavy atom. The van der Waals surface area contributed by atoms with E-state index in [-0.39, 0.29) is 12.1 Å². The summed E-state index contributed by atoms with van der Waals surface area (Å²) in [6, 6.07) is 0. The minimum Gasteiger partial charge on any atom is -0.461 e. The SMILES string of the molecule is C=C1C2CC3CC1C(OC(=O)CC)C(C2)C3C. The maximum absolute atomic E-state index is 11.6. The van der Waals surface area contributed by atoms with E-state index in [0.717, 1.165) is 17.8 Å². The topological polar surface area (TPSA) is 26.3 Å². The second-order valence-electron chi connectivity index (χ2n) is 6.18. The van der Waals surface area contributed by atoms with Gasteiger partial charge in [-0.25, -0.2) is 0 Å². The monoisotopic (exact) mass is 234 g/mol. The van der Waals surface area contributed by atoms with Gasteiger partial charge in [0.15, 0.2) is 0 Å². The van der Waals surface area contributed by atoms with E-state index in [4.69, 9.17) is 4.74 Å². The molecule has 4 aliphatic carbocycles. The van der Waals surface area contributed by atoms with E-state index in [1.54, 1.807) is 0 Å². The van der Waals surface area contributed by atoms with Crippen molar-refractivity contribution < 1.29 is 9.53 Å². The van der Waals surface area contributed by atoms with Gasteiger partial charge in [0.25, 0.3) is 0 Å². The highest BCUT2D eigenvalue weighted by Crippen LogP contribution is 2.59. The predicted octanol–water partition coefficient (Wildman–Crippen LogP) is 3.18. The summed E-state index contributed by atoms with van der Waals surface area (Å²) >= 11 is 0. The molecule has 0 heterocycles. The molecule has 0 spiro atoms. The fourth-order valence-corrected chi connectivity index (χ4v) is 4.44. The summed E-state index contributed by atoms with van der Waals surface area (Å²) in [5.41, 5.74) is 1.37. The first kappa shape index (κ1) is 11.3. The first-order chi connectivity index (χ1) is 8.11. The van der Waals surface area contributed by atoms with E-state index < -0.39 is 0 Å². The molecule has 0 aromatic heterocycles. The third-order valence-electron chi connectivity index (χ3n) is 5.49. The fraction of sp³-hybridized carbons (Fsp3) is 0.800. The number of hydrogen-bond donors (Lipinski definition) is 0. The van der Waals surface area contributed by atoms with E-state index in [0.29, 0.717) is 18.3 Å². The molecule has 6 atom stereocenters. The van der Waals surface area contributed by atoms with Crippen molar-refractivity contribution in [2.24, 2.45) is 29.6 Å². The molecule has 0 aliphatic heterocycles. The van der Waals surface area contributed by atoms with Crippen LogP contribution in [0.3, 0.4) is 0 Å². The van der Waals surface area contributed by atoms with Gasteiger partial charge in [-0.1, -0.05) is 26.0 Å². The molecule has 6 unspecified atom stereocenters. The van der Waals surface area contributed by atoms with Gasteiger partial charge < -0.3 is 4.74 Å². The van der Waals surface area contributed by atoms with Gasteiger partial charge in [-0.3, -0.25) is 4.79 Å². The van der Waals surface area contributed by atoms with Gasteiger partial charge in [0, 0.05) is 12.3 Å². The Balaban J connectivity index is 1.84. The number of carbonyl (C=O) groups excluding carboxylic acids is 1. The summed E-state index contributed by atoms with van der Waals surface area (Å²) in [5, 5.41) is 0. The van der Waals surface area contributed by atoms with Crippen molar-refractivity contribution in [1.82, 2.24) is 0 Å². The van der Waals surface area contributed by atoms with Gasteiger partial charge in [0.05, 0.1) is 0 Å². The molecule has 2 nitrogen and oxygen atoms in total. The predicted molar refractivity (Wildman–Crippen MR) is 66.3 cm³/mol. The van der Waals surface area contributed by atoms with Crippen LogP contribution in [-0.2, 0) is 9.53 Å². The molecule has 0 aromatic carbocycles. The first-order valence-corrected chi connectivity index (χ1v) is 7.00. The largest absolute Gasteiger partial charge is 0.461 e. The molecule has 0 amide bonds. The van der Waals surface area contributed by atoms with Crippen LogP contribution in [0.25, 0.3) is 0 Å². The lowest BCUT2D eigenvalue weighted by molar-refractivity contribution is -0.169. The van der Waals surface area contributed by atoms with Crippen LogP contribution in [0, 0.1) is 29.6 Å². The molecule has 94 valence electrons. The molecular formula is C15H22O2. The molecule has 0 N–H and O–H groups in total. The molecule has 4 aliphatic rings. The second kappa shape index (κ2) is 3.86. The summed E-state index contributed by atoms with van der Waals surface area (Å²) in [6.45, 7) is 8.49. The van der Waals surface area contributed by atoms with Crippen LogP contribution in [0.2, 0.25) is 0 Å². The Bertz CT molecular complexity index is 360. The van der Waals surface area contributed by atoms with Crippen LogP contribution in [-0.4, -0.2) is 12.1 Å². The number of rotatable bonds is 2. The van der Waals surface area contributed by atoms with Crippen LogP contribution in [0.4, 0.5) is 0 Å². The maximum Gasteiger partial charge on any atom is 0.305 e. The Labute approximate surface area is 103 Å². The summed E-state index contributed by atoms with van der Waals surface area (Å²) in [6.07, 6.45) is 4.37. The fourth-order valence-electron chi connectivity index (χ4n) is 4.44. The number of carbonyl (C=O) groups is 1. The smallest absolute Gasteiger partial charge is 0.305 e. The lowest BCUT2D eigenvalue weighted by Gasteiger charge is -2.57. The Morgan fingerprint density at radius 1 is 1.41 bits per heavy atom. The van der Waals surface area contributed by atoms with Crippen molar-refractivity contribution in [2.45, 2.75) is 45.6 Å². The molecule has 4 rings (SSSR count). The van der Waals surface area contributed by atoms with Crippen LogP contribution < -0.4 is 0 Å². The highest BCUT2D eigenvalue weighted by molar-refractivity contribution is 5.69. The number of esters is 1. The zero-order valence-electron chi connectivity index (χ0n) is 10.8. The molecule has 17 heavy (non-hydrogen) atoms. The molecular weight excluding hydrogens is 212 g/mol. The summed E-state index contributed by atoms with van der Waals surface area (Å²) in [5.74, 6) is 3.32. The van der Waals surface area contributed by atoms with Crippen molar-refractivity contribution in [2.75, 3.05) is 0 Å². The zero-order valence-corrected chi connectivity index (χ0v) is 10.8. The highest BCUT2D eigenvalue weighted by atomic mass is 16.5. The molecule has 4 saturated carbocycles. The zero-order chi connectivity index (χ0) is 12.2. The quantitative estimate of drug-likeness (QED) is 0.542. The Kier molecular flexibility index (Phi) is 2.57. The Morgan fingerprint density at radius 2 is 2.18 bits per heavy atom. The summed E-state index contributed by atoms with van der Waals surface area (Å²) < 4.78 is 5.72. The molecule has 0 aromatic rings. The third kappa shape index (κ3) is 1.56.